The Labute approximate surface area is 136 Å². The van der Waals surface area contributed by atoms with Gasteiger partial charge in [-0.25, -0.2) is 14.6 Å². The minimum absolute atomic E-state index is 0.0721. The second kappa shape index (κ2) is 6.18. The zero-order valence-electron chi connectivity index (χ0n) is 12.5. The maximum atomic E-state index is 11.8. The zero-order valence-corrected chi connectivity index (χ0v) is 13.3. The van der Waals surface area contributed by atoms with Crippen molar-refractivity contribution in [1.29, 1.82) is 0 Å². The van der Waals surface area contributed by atoms with Crippen molar-refractivity contribution in [2.75, 3.05) is 14.2 Å². The predicted octanol–water partition coefficient (Wildman–Crippen LogP) is 3.54. The van der Waals surface area contributed by atoms with Crippen LogP contribution in [0.25, 0.3) is 20.5 Å². The number of pyridine rings is 1. The van der Waals surface area contributed by atoms with Crippen molar-refractivity contribution in [3.05, 3.63) is 53.9 Å². The summed E-state index contributed by atoms with van der Waals surface area (Å²) in [6, 6.07) is 13.2. The third-order valence-electron chi connectivity index (χ3n) is 3.32. The topological polar surface area (TPSA) is 65.5 Å². The molecule has 0 N–H and O–H groups in total. The van der Waals surface area contributed by atoms with Gasteiger partial charge in [-0.05, 0) is 35.2 Å². The summed E-state index contributed by atoms with van der Waals surface area (Å²) in [5, 5.41) is 1.10. The van der Waals surface area contributed by atoms with Crippen LogP contribution in [0.1, 0.15) is 21.0 Å². The number of thiophene rings is 1. The fourth-order valence-electron chi connectivity index (χ4n) is 2.22. The molecule has 2 heterocycles. The van der Waals surface area contributed by atoms with Gasteiger partial charge in [0, 0.05) is 9.58 Å². The van der Waals surface area contributed by atoms with Crippen LogP contribution in [0.5, 0.6) is 0 Å². The number of hydrogen-bond donors (Lipinski definition) is 0. The summed E-state index contributed by atoms with van der Waals surface area (Å²) in [6.45, 7) is 0. The summed E-state index contributed by atoms with van der Waals surface area (Å²) in [4.78, 5) is 28.5. The first kappa shape index (κ1) is 15.2. The molecule has 3 rings (SSSR count). The first-order valence-electron chi connectivity index (χ1n) is 6.80. The summed E-state index contributed by atoms with van der Waals surface area (Å²) < 4.78 is 10.5. The van der Waals surface area contributed by atoms with Crippen LogP contribution in [0.2, 0.25) is 0 Å². The number of methoxy groups -OCH3 is 2. The number of aromatic nitrogens is 1. The van der Waals surface area contributed by atoms with Crippen molar-refractivity contribution >= 4 is 33.4 Å². The maximum Gasteiger partial charge on any atom is 0.356 e. The van der Waals surface area contributed by atoms with Gasteiger partial charge >= 0.3 is 11.9 Å². The maximum absolute atomic E-state index is 11.8. The van der Waals surface area contributed by atoms with Gasteiger partial charge in [0.25, 0.3) is 0 Å². The van der Waals surface area contributed by atoms with E-state index < -0.39 is 11.9 Å². The van der Waals surface area contributed by atoms with Gasteiger partial charge in [0.05, 0.1) is 14.2 Å². The predicted molar refractivity (Wildman–Crippen MR) is 87.7 cm³/mol. The van der Waals surface area contributed by atoms with Gasteiger partial charge < -0.3 is 9.47 Å². The minimum Gasteiger partial charge on any atom is -0.464 e. The highest BCUT2D eigenvalue weighted by Crippen LogP contribution is 2.34. The van der Waals surface area contributed by atoms with E-state index in [1.165, 1.54) is 14.2 Å². The fourth-order valence-corrected chi connectivity index (χ4v) is 3.27. The first-order chi connectivity index (χ1) is 11.1. The largest absolute Gasteiger partial charge is 0.464 e. The zero-order chi connectivity index (χ0) is 16.4. The van der Waals surface area contributed by atoms with Gasteiger partial charge in [-0.15, -0.1) is 11.3 Å². The molecule has 0 atom stereocenters. The van der Waals surface area contributed by atoms with E-state index in [0.717, 1.165) is 20.5 Å². The van der Waals surface area contributed by atoms with Crippen LogP contribution in [0, 0.1) is 0 Å². The summed E-state index contributed by atoms with van der Waals surface area (Å²) in [5.74, 6) is -1.20. The molecule has 116 valence electrons. The van der Waals surface area contributed by atoms with E-state index >= 15 is 0 Å². The number of nitrogens with zero attached hydrogens (tertiary/aromatic N) is 1. The number of carbonyl (C=O) groups is 2. The number of rotatable bonds is 3. The van der Waals surface area contributed by atoms with Crippen molar-refractivity contribution in [2.45, 2.75) is 0 Å². The quantitative estimate of drug-likeness (QED) is 0.688. The molecule has 2 aromatic heterocycles. The summed E-state index contributed by atoms with van der Waals surface area (Å²) in [7, 11) is 2.54. The smallest absolute Gasteiger partial charge is 0.356 e. The Morgan fingerprint density at radius 3 is 2.13 bits per heavy atom. The van der Waals surface area contributed by atoms with E-state index in [1.807, 2.05) is 30.3 Å². The van der Waals surface area contributed by atoms with E-state index in [2.05, 4.69) is 4.98 Å². The number of esters is 2. The molecule has 6 heteroatoms. The van der Waals surface area contributed by atoms with Crippen molar-refractivity contribution in [2.24, 2.45) is 0 Å². The Kier molecular flexibility index (Phi) is 4.08. The van der Waals surface area contributed by atoms with Gasteiger partial charge in [-0.3, -0.25) is 0 Å². The molecule has 3 aromatic rings. The fraction of sp³-hybridized carbons (Fsp3) is 0.118. The molecule has 5 nitrogen and oxygen atoms in total. The van der Waals surface area contributed by atoms with Crippen LogP contribution in [0.4, 0.5) is 0 Å². The number of carbonyl (C=O) groups excluding carboxylic acids is 2. The lowest BCUT2D eigenvalue weighted by Gasteiger charge is -2.05. The summed E-state index contributed by atoms with van der Waals surface area (Å²) in [6.07, 6.45) is 0. The van der Waals surface area contributed by atoms with Crippen LogP contribution in [0.3, 0.4) is 0 Å². The van der Waals surface area contributed by atoms with Gasteiger partial charge in [0.2, 0.25) is 0 Å². The second-order valence-electron chi connectivity index (χ2n) is 4.76. The average molecular weight is 327 g/mol. The van der Waals surface area contributed by atoms with E-state index in [-0.39, 0.29) is 11.4 Å². The Morgan fingerprint density at radius 1 is 0.957 bits per heavy atom. The van der Waals surface area contributed by atoms with E-state index in [0.29, 0.717) is 0 Å². The van der Waals surface area contributed by atoms with Crippen LogP contribution in [-0.2, 0) is 9.47 Å². The highest BCUT2D eigenvalue weighted by atomic mass is 32.1. The molecular formula is C17H13NO4S. The lowest BCUT2D eigenvalue weighted by molar-refractivity contribution is 0.0586. The van der Waals surface area contributed by atoms with Crippen LogP contribution in [0.15, 0.2) is 42.5 Å². The Bertz CT molecular complexity index is 833. The number of fused-ring (bicyclic) bond motifs is 1. The van der Waals surface area contributed by atoms with Gasteiger partial charge in [-0.2, -0.15) is 0 Å². The van der Waals surface area contributed by atoms with Crippen molar-refractivity contribution < 1.29 is 19.1 Å². The Hall–Kier alpha value is -2.73. The molecule has 0 saturated heterocycles. The van der Waals surface area contributed by atoms with E-state index in [1.54, 1.807) is 23.5 Å². The van der Waals surface area contributed by atoms with Crippen LogP contribution >= 0.6 is 11.3 Å². The molecule has 0 aliphatic carbocycles. The molecule has 0 bridgehead atoms. The van der Waals surface area contributed by atoms with E-state index in [9.17, 15) is 9.59 Å². The number of hydrogen-bond acceptors (Lipinski definition) is 6. The second-order valence-corrected chi connectivity index (χ2v) is 5.84. The highest BCUT2D eigenvalue weighted by Gasteiger charge is 2.17. The van der Waals surface area contributed by atoms with Crippen LogP contribution in [-0.4, -0.2) is 31.1 Å². The molecule has 1 aromatic carbocycles. The molecule has 0 spiro atoms. The molecule has 23 heavy (non-hydrogen) atoms. The molecule has 0 amide bonds. The van der Waals surface area contributed by atoms with Crippen molar-refractivity contribution in [3.8, 4) is 10.4 Å². The Morgan fingerprint density at radius 2 is 1.57 bits per heavy atom. The van der Waals surface area contributed by atoms with Gasteiger partial charge in [-0.1, -0.05) is 18.2 Å². The number of benzene rings is 1. The molecule has 0 radical (unpaired) electrons. The summed E-state index contributed by atoms with van der Waals surface area (Å²) >= 11 is 1.57. The molecule has 0 aliphatic heterocycles. The molecule has 0 fully saturated rings. The third kappa shape index (κ3) is 2.93. The monoisotopic (exact) mass is 327 g/mol. The Balaban J connectivity index is 2.16. The lowest BCUT2D eigenvalue weighted by atomic mass is 10.1. The first-order valence-corrected chi connectivity index (χ1v) is 7.61. The van der Waals surface area contributed by atoms with Gasteiger partial charge in [0.1, 0.15) is 11.4 Å². The van der Waals surface area contributed by atoms with E-state index in [4.69, 9.17) is 9.47 Å². The SMILES string of the molecule is COC(=O)c1cc(-c2cc3ccccc3s2)cc(C(=O)OC)n1. The van der Waals surface area contributed by atoms with Crippen molar-refractivity contribution in [3.63, 3.8) is 0 Å². The third-order valence-corrected chi connectivity index (χ3v) is 4.49. The van der Waals surface area contributed by atoms with Crippen molar-refractivity contribution in [1.82, 2.24) is 4.98 Å². The molecule has 0 unspecified atom stereocenters. The highest BCUT2D eigenvalue weighted by molar-refractivity contribution is 7.22. The molecule has 0 aliphatic rings. The summed E-state index contributed by atoms with van der Waals surface area (Å²) in [5.41, 5.74) is 0.868. The molecule has 0 saturated carbocycles. The number of ether oxygens (including phenoxy) is 2. The standard InChI is InChI=1S/C17H13NO4S/c1-21-16(19)12-7-11(8-13(18-12)17(20)22-2)15-9-10-5-3-4-6-14(10)23-15/h3-9H,1-2H3. The van der Waals surface area contributed by atoms with Crippen LogP contribution < -0.4 is 0 Å². The minimum atomic E-state index is -0.599. The molecular weight excluding hydrogens is 314 g/mol. The lowest BCUT2D eigenvalue weighted by Crippen LogP contribution is -2.11. The average Bonchev–Trinajstić information content (AvgIpc) is 3.04. The van der Waals surface area contributed by atoms with Gasteiger partial charge in [0.15, 0.2) is 0 Å². The normalized spacial score (nSPS) is 10.5.